The molecule has 2 fully saturated rings. The maximum atomic E-state index is 14.1. The molecule has 20 nitrogen and oxygen atoms in total. The number of hydrogen-bond donors (Lipinski definition) is 0. The van der Waals surface area contributed by atoms with E-state index >= 15 is 0 Å². The van der Waals surface area contributed by atoms with Crippen molar-refractivity contribution in [3.05, 3.63) is 29.8 Å². The number of nitrogens with zero attached hydrogens (tertiary/aromatic N) is 5. The first-order valence-corrected chi connectivity index (χ1v) is 26.3. The van der Waals surface area contributed by atoms with Crippen LogP contribution in [0.4, 0.5) is 0 Å². The number of Topliss-reactive ketones (excluding diaryl/α,β-unsaturated/α-hetero) is 2. The van der Waals surface area contributed by atoms with Crippen LogP contribution < -0.4 is 4.74 Å². The maximum absolute atomic E-state index is 14.1. The largest absolute Gasteiger partial charge is 0.491 e. The Morgan fingerprint density at radius 1 is 0.486 bits per heavy atom. The van der Waals surface area contributed by atoms with Crippen LogP contribution >= 0.6 is 23.5 Å². The van der Waals surface area contributed by atoms with Crippen molar-refractivity contribution in [3.63, 3.8) is 0 Å². The van der Waals surface area contributed by atoms with Crippen LogP contribution in [0.1, 0.15) is 45.0 Å². The van der Waals surface area contributed by atoms with E-state index in [2.05, 4.69) is 20.8 Å². The molecule has 0 aromatic heterocycles. The molecular formula is C48H77N5O15S2. The number of ether oxygens (including phenoxy) is 8. The summed E-state index contributed by atoms with van der Waals surface area (Å²) < 4.78 is 43.7. The van der Waals surface area contributed by atoms with E-state index in [-0.39, 0.29) is 110 Å². The van der Waals surface area contributed by atoms with Gasteiger partial charge in [-0.15, -0.1) is 23.5 Å². The van der Waals surface area contributed by atoms with Crippen LogP contribution in [-0.4, -0.2) is 253 Å². The molecule has 2 aliphatic rings. The number of piperazine rings is 2. The van der Waals surface area contributed by atoms with Gasteiger partial charge in [-0.3, -0.25) is 33.6 Å². The molecular weight excluding hydrogens is 951 g/mol. The monoisotopic (exact) mass is 1030 g/mol. The molecule has 0 aliphatic carbocycles. The van der Waals surface area contributed by atoms with Crippen LogP contribution in [0, 0.1) is 5.41 Å². The molecule has 0 radical (unpaired) electrons. The van der Waals surface area contributed by atoms with Gasteiger partial charge in [0.25, 0.3) is 5.91 Å². The molecule has 2 heterocycles. The normalized spacial score (nSPS) is 14.2. The molecule has 396 valence electrons. The van der Waals surface area contributed by atoms with E-state index in [9.17, 15) is 33.6 Å². The third-order valence-corrected chi connectivity index (χ3v) is 12.1. The van der Waals surface area contributed by atoms with Gasteiger partial charge in [-0.05, 0) is 43.5 Å². The number of amides is 5. The number of rotatable bonds is 36. The number of thioether (sulfide) groups is 2. The molecule has 1 aromatic carbocycles. The minimum Gasteiger partial charge on any atom is -0.491 e. The Balaban J connectivity index is 1.44. The predicted molar refractivity (Wildman–Crippen MR) is 265 cm³/mol. The SMILES string of the molecule is CC(=O)COCCOCCOCCSCC(=O)N1CCN(C(=O)CN(CC(=O)N2CCN(C(=O)CSCCOCCOCCOCC(C)=O)CC2)C(=O)c2ccc(OCCOCC(C)(C)C)cc2)CC1. The zero-order chi connectivity index (χ0) is 51.0. The van der Waals surface area contributed by atoms with E-state index in [4.69, 9.17) is 37.9 Å². The molecule has 0 unspecified atom stereocenters. The van der Waals surface area contributed by atoms with Crippen molar-refractivity contribution in [1.82, 2.24) is 24.5 Å². The number of benzene rings is 1. The van der Waals surface area contributed by atoms with E-state index in [1.54, 1.807) is 43.9 Å². The number of carbonyl (C=O) groups excluding carboxylic acids is 7. The lowest BCUT2D eigenvalue weighted by atomic mass is 9.99. The molecule has 0 saturated carbocycles. The van der Waals surface area contributed by atoms with Gasteiger partial charge in [-0.25, -0.2) is 0 Å². The van der Waals surface area contributed by atoms with Crippen LogP contribution in [0.15, 0.2) is 24.3 Å². The third kappa shape index (κ3) is 27.1. The van der Waals surface area contributed by atoms with Gasteiger partial charge < -0.3 is 62.4 Å². The van der Waals surface area contributed by atoms with Gasteiger partial charge in [0.05, 0.1) is 90.8 Å². The second-order valence-corrected chi connectivity index (χ2v) is 19.9. The zero-order valence-corrected chi connectivity index (χ0v) is 43.6. The molecule has 0 bridgehead atoms. The highest BCUT2D eigenvalue weighted by Gasteiger charge is 2.31. The number of carbonyl (C=O) groups is 7. The second-order valence-electron chi connectivity index (χ2n) is 17.7. The summed E-state index contributed by atoms with van der Waals surface area (Å²) in [5, 5.41) is 0. The molecule has 2 aliphatic heterocycles. The summed E-state index contributed by atoms with van der Waals surface area (Å²) in [6.45, 7) is 16.5. The first-order valence-electron chi connectivity index (χ1n) is 23.9. The average molecular weight is 1030 g/mol. The third-order valence-electron chi connectivity index (χ3n) is 10.3. The Hall–Kier alpha value is -3.87. The summed E-state index contributed by atoms with van der Waals surface area (Å²) >= 11 is 2.93. The molecule has 22 heteroatoms. The average Bonchev–Trinajstić information content (AvgIpc) is 3.33. The Labute approximate surface area is 422 Å². The summed E-state index contributed by atoms with van der Waals surface area (Å²) in [5.41, 5.74) is 0.322. The van der Waals surface area contributed by atoms with Crippen molar-refractivity contribution in [2.45, 2.75) is 34.6 Å². The summed E-state index contributed by atoms with van der Waals surface area (Å²) in [7, 11) is 0. The lowest BCUT2D eigenvalue weighted by Crippen LogP contribution is -2.55. The maximum Gasteiger partial charge on any atom is 0.254 e. The summed E-state index contributed by atoms with van der Waals surface area (Å²) in [6.07, 6.45) is 0. The smallest absolute Gasteiger partial charge is 0.254 e. The minimum atomic E-state index is -0.488. The van der Waals surface area contributed by atoms with E-state index in [0.29, 0.717) is 129 Å². The highest BCUT2D eigenvalue weighted by Crippen LogP contribution is 2.17. The van der Waals surface area contributed by atoms with E-state index in [0.717, 1.165) is 0 Å². The molecule has 0 N–H and O–H groups in total. The van der Waals surface area contributed by atoms with Crippen LogP contribution in [0.2, 0.25) is 0 Å². The first-order chi connectivity index (χ1) is 33.6. The van der Waals surface area contributed by atoms with Gasteiger partial charge in [-0.1, -0.05) is 20.8 Å². The molecule has 2 saturated heterocycles. The standard InChI is InChI=1S/C48H77N5O15S2/c1-39(54)34-65-24-22-61-18-20-63-28-30-69-36-45(58)51-14-10-49(11-15-51)43(56)32-53(47(60)41-6-8-42(9-7-41)68-27-26-67-38-48(3,4)5)33-44(57)50-12-16-52(17-13-50)46(59)37-70-31-29-64-21-19-62-23-25-66-35-40(2)55/h6-9H,10-38H2,1-5H3. The highest BCUT2D eigenvalue weighted by atomic mass is 32.2. The lowest BCUT2D eigenvalue weighted by molar-refractivity contribution is -0.141. The van der Waals surface area contributed by atoms with Crippen LogP contribution in [0.5, 0.6) is 5.75 Å². The van der Waals surface area contributed by atoms with Gasteiger partial charge in [0.1, 0.15) is 38.7 Å². The predicted octanol–water partition coefficient (Wildman–Crippen LogP) is 1.66. The Kier molecular flexibility index (Phi) is 30.5. The van der Waals surface area contributed by atoms with Crippen molar-refractivity contribution in [3.8, 4) is 5.75 Å². The van der Waals surface area contributed by atoms with Crippen molar-refractivity contribution >= 4 is 64.6 Å². The number of hydrogen-bond acceptors (Lipinski definition) is 17. The molecule has 1 aromatic rings. The minimum absolute atomic E-state index is 0.0339. The van der Waals surface area contributed by atoms with Crippen molar-refractivity contribution in [2.75, 3.05) is 188 Å². The van der Waals surface area contributed by atoms with Crippen molar-refractivity contribution in [1.29, 1.82) is 0 Å². The lowest BCUT2D eigenvalue weighted by Gasteiger charge is -2.37. The highest BCUT2D eigenvalue weighted by molar-refractivity contribution is 8.00. The molecule has 0 atom stereocenters. The first kappa shape index (κ1) is 60.4. The molecule has 70 heavy (non-hydrogen) atoms. The van der Waals surface area contributed by atoms with E-state index < -0.39 is 5.91 Å². The Morgan fingerprint density at radius 3 is 1.23 bits per heavy atom. The van der Waals surface area contributed by atoms with Crippen molar-refractivity contribution in [2.24, 2.45) is 5.41 Å². The zero-order valence-electron chi connectivity index (χ0n) is 42.0. The molecule has 0 spiro atoms. The van der Waals surface area contributed by atoms with E-state index in [1.807, 2.05) is 0 Å². The van der Waals surface area contributed by atoms with Crippen molar-refractivity contribution < 1.29 is 71.5 Å². The fraction of sp³-hybridized carbons (Fsp3) is 0.729. The van der Waals surface area contributed by atoms with Crippen LogP contribution in [0.3, 0.4) is 0 Å². The topological polar surface area (TPSA) is 210 Å². The second kappa shape index (κ2) is 35.3. The Bertz CT molecular complexity index is 1640. The molecule has 5 amide bonds. The van der Waals surface area contributed by atoms with Crippen LogP contribution in [0.25, 0.3) is 0 Å². The summed E-state index contributed by atoms with van der Waals surface area (Å²) in [6, 6.07) is 6.56. The summed E-state index contributed by atoms with van der Waals surface area (Å²) in [5.74, 6) is 1.06. The summed E-state index contributed by atoms with van der Waals surface area (Å²) in [4.78, 5) is 97.3. The van der Waals surface area contributed by atoms with Gasteiger partial charge in [0, 0.05) is 69.4 Å². The Morgan fingerprint density at radius 2 is 0.843 bits per heavy atom. The van der Waals surface area contributed by atoms with Gasteiger partial charge in [0.15, 0.2) is 11.6 Å². The quantitative estimate of drug-likeness (QED) is 0.0876. The van der Waals surface area contributed by atoms with Crippen LogP contribution in [-0.2, 0) is 61.9 Å². The number of ketones is 2. The van der Waals surface area contributed by atoms with Gasteiger partial charge in [0.2, 0.25) is 23.6 Å². The van der Waals surface area contributed by atoms with Gasteiger partial charge >= 0.3 is 0 Å². The van der Waals surface area contributed by atoms with Gasteiger partial charge in [-0.2, -0.15) is 0 Å². The fourth-order valence-electron chi connectivity index (χ4n) is 6.66. The fourth-order valence-corrected chi connectivity index (χ4v) is 8.13. The molecule has 3 rings (SSSR count). The van der Waals surface area contributed by atoms with E-state index in [1.165, 1.54) is 42.3 Å².